The molecule has 22 heavy (non-hydrogen) atoms. The van der Waals surface area contributed by atoms with E-state index in [-0.39, 0.29) is 18.8 Å². The highest BCUT2D eigenvalue weighted by Crippen LogP contribution is 2.25. The summed E-state index contributed by atoms with van der Waals surface area (Å²) in [5, 5.41) is 8.55. The number of thiophene rings is 2. The molecule has 0 saturated carbocycles. The number of Topliss-reactive ketones (excluding diaryl/α,β-unsaturated/α-hetero) is 1. The molecule has 0 saturated heterocycles. The topological polar surface area (TPSA) is 56.3 Å². The Hall–Kier alpha value is -1.83. The molecule has 0 spiro atoms. The number of carbonyl (C=O) groups is 2. The zero-order chi connectivity index (χ0) is 15.4. The van der Waals surface area contributed by atoms with Crippen LogP contribution in [0.4, 0.5) is 0 Å². The molecule has 112 valence electrons. The van der Waals surface area contributed by atoms with Gasteiger partial charge in [-0.2, -0.15) is 11.3 Å². The fourth-order valence-corrected chi connectivity index (χ4v) is 3.94. The lowest BCUT2D eigenvalue weighted by Gasteiger charge is -2.01. The van der Waals surface area contributed by atoms with Crippen LogP contribution in [0, 0.1) is 0 Å². The van der Waals surface area contributed by atoms with Gasteiger partial charge in [0.1, 0.15) is 5.01 Å². The monoisotopic (exact) mass is 349 g/mol. The van der Waals surface area contributed by atoms with Crippen molar-refractivity contribution in [2.75, 3.05) is 6.61 Å². The molecule has 0 radical (unpaired) electrons. The lowest BCUT2D eigenvalue weighted by molar-refractivity contribution is -0.141. The van der Waals surface area contributed by atoms with Crippen molar-refractivity contribution in [1.29, 1.82) is 0 Å². The van der Waals surface area contributed by atoms with E-state index in [9.17, 15) is 9.59 Å². The molecular formula is C15H11NO3S3. The molecule has 0 bridgehead atoms. The maximum Gasteiger partial charge on any atom is 0.312 e. The molecule has 0 aliphatic carbocycles. The number of ether oxygens (including phenoxy) is 1. The molecular weight excluding hydrogens is 338 g/mol. The van der Waals surface area contributed by atoms with Crippen LogP contribution < -0.4 is 0 Å². The largest absolute Gasteiger partial charge is 0.457 e. The van der Waals surface area contributed by atoms with E-state index in [1.807, 2.05) is 27.6 Å². The van der Waals surface area contributed by atoms with Crippen LogP contribution in [-0.4, -0.2) is 23.3 Å². The molecule has 3 aromatic rings. The van der Waals surface area contributed by atoms with E-state index in [0.717, 1.165) is 10.6 Å². The van der Waals surface area contributed by atoms with Gasteiger partial charge in [0.2, 0.25) is 5.78 Å². The number of carbonyl (C=O) groups excluding carboxylic acids is 2. The van der Waals surface area contributed by atoms with Crippen LogP contribution in [0.1, 0.15) is 15.4 Å². The number of hydrogen-bond donors (Lipinski definition) is 0. The third kappa shape index (κ3) is 3.68. The lowest BCUT2D eigenvalue weighted by atomic mass is 10.3. The second-order valence-electron chi connectivity index (χ2n) is 4.39. The summed E-state index contributed by atoms with van der Waals surface area (Å²) >= 11 is 4.44. The summed E-state index contributed by atoms with van der Waals surface area (Å²) in [7, 11) is 0. The second-order valence-corrected chi connectivity index (χ2v) is 6.98. The van der Waals surface area contributed by atoms with Gasteiger partial charge >= 0.3 is 5.97 Å². The Morgan fingerprint density at radius 1 is 1.14 bits per heavy atom. The maximum atomic E-state index is 11.8. The van der Waals surface area contributed by atoms with Gasteiger partial charge in [-0.05, 0) is 22.9 Å². The van der Waals surface area contributed by atoms with Crippen LogP contribution in [0.25, 0.3) is 10.6 Å². The van der Waals surface area contributed by atoms with Crippen molar-refractivity contribution in [3.8, 4) is 10.6 Å². The first-order valence-corrected chi connectivity index (χ1v) is 9.12. The van der Waals surface area contributed by atoms with Crippen LogP contribution in [0.3, 0.4) is 0 Å². The fraction of sp³-hybridized carbons (Fsp3) is 0.133. The van der Waals surface area contributed by atoms with Crippen molar-refractivity contribution in [2.24, 2.45) is 0 Å². The van der Waals surface area contributed by atoms with Crippen molar-refractivity contribution in [3.63, 3.8) is 0 Å². The third-order valence-corrected chi connectivity index (χ3v) is 5.34. The predicted octanol–water partition coefficient (Wildman–Crippen LogP) is 3.90. The van der Waals surface area contributed by atoms with Crippen LogP contribution in [0.5, 0.6) is 0 Å². The Kier molecular flexibility index (Phi) is 4.77. The maximum absolute atomic E-state index is 11.8. The number of nitrogens with zero attached hydrogens (tertiary/aromatic N) is 1. The summed E-state index contributed by atoms with van der Waals surface area (Å²) < 4.78 is 5.02. The van der Waals surface area contributed by atoms with Crippen LogP contribution >= 0.6 is 34.0 Å². The van der Waals surface area contributed by atoms with E-state index in [2.05, 4.69) is 4.98 Å². The molecule has 0 fully saturated rings. The third-order valence-electron chi connectivity index (χ3n) is 2.81. The number of ketones is 1. The summed E-state index contributed by atoms with van der Waals surface area (Å²) in [6, 6.07) is 5.50. The van der Waals surface area contributed by atoms with Crippen LogP contribution in [-0.2, 0) is 16.0 Å². The van der Waals surface area contributed by atoms with E-state index < -0.39 is 5.97 Å². The highest BCUT2D eigenvalue weighted by atomic mass is 32.1. The van der Waals surface area contributed by atoms with Crippen molar-refractivity contribution < 1.29 is 14.3 Å². The SMILES string of the molecule is O=C(Cc1csc(-c2ccsc2)n1)OCC(=O)c1cccs1. The number of esters is 1. The number of aromatic nitrogens is 1. The Labute approximate surface area is 139 Å². The number of hydrogen-bond acceptors (Lipinski definition) is 7. The minimum absolute atomic E-state index is 0.0817. The molecule has 0 N–H and O–H groups in total. The Bertz CT molecular complexity index is 760. The fourth-order valence-electron chi connectivity index (χ4n) is 1.76. The molecule has 0 aliphatic rings. The standard InChI is InChI=1S/C15H11NO3S3/c17-12(13-2-1-4-21-13)7-19-14(18)6-11-9-22-15(16-11)10-3-5-20-8-10/h1-5,8-9H,6-7H2. The zero-order valence-electron chi connectivity index (χ0n) is 11.4. The highest BCUT2D eigenvalue weighted by Gasteiger charge is 2.13. The molecule has 3 aromatic heterocycles. The molecule has 7 heteroatoms. The average Bonchev–Trinajstić information content (AvgIpc) is 3.23. The van der Waals surface area contributed by atoms with Gasteiger partial charge in [-0.15, -0.1) is 22.7 Å². The summed E-state index contributed by atoms with van der Waals surface area (Å²) in [6.07, 6.45) is 0.0817. The summed E-state index contributed by atoms with van der Waals surface area (Å²) in [6.45, 7) is -0.221. The molecule has 3 heterocycles. The van der Waals surface area contributed by atoms with Gasteiger partial charge in [0.25, 0.3) is 0 Å². The van der Waals surface area contributed by atoms with E-state index in [0.29, 0.717) is 10.6 Å². The van der Waals surface area contributed by atoms with Crippen molar-refractivity contribution in [1.82, 2.24) is 4.98 Å². The van der Waals surface area contributed by atoms with Gasteiger partial charge in [-0.25, -0.2) is 4.98 Å². The minimum Gasteiger partial charge on any atom is -0.457 e. The second kappa shape index (κ2) is 6.95. The molecule has 0 amide bonds. The van der Waals surface area contributed by atoms with E-state index in [1.165, 1.54) is 22.7 Å². The summed E-state index contributed by atoms with van der Waals surface area (Å²) in [5.74, 6) is -0.618. The molecule has 0 aromatic carbocycles. The number of rotatable bonds is 6. The Balaban J connectivity index is 1.53. The van der Waals surface area contributed by atoms with Gasteiger partial charge < -0.3 is 4.74 Å². The van der Waals surface area contributed by atoms with Crippen molar-refractivity contribution in [2.45, 2.75) is 6.42 Å². The van der Waals surface area contributed by atoms with Gasteiger partial charge in [0, 0.05) is 16.3 Å². The summed E-state index contributed by atoms with van der Waals surface area (Å²) in [4.78, 5) is 28.5. The molecule has 0 aliphatic heterocycles. The first-order chi connectivity index (χ1) is 10.7. The Morgan fingerprint density at radius 3 is 2.77 bits per heavy atom. The van der Waals surface area contributed by atoms with E-state index in [1.54, 1.807) is 23.5 Å². The van der Waals surface area contributed by atoms with Crippen LogP contribution in [0.2, 0.25) is 0 Å². The van der Waals surface area contributed by atoms with E-state index >= 15 is 0 Å². The molecule has 0 atom stereocenters. The lowest BCUT2D eigenvalue weighted by Crippen LogP contribution is -2.15. The quantitative estimate of drug-likeness (QED) is 0.500. The van der Waals surface area contributed by atoms with Gasteiger partial charge in [0.15, 0.2) is 6.61 Å². The first kappa shape index (κ1) is 15.1. The Morgan fingerprint density at radius 2 is 2.05 bits per heavy atom. The van der Waals surface area contributed by atoms with Gasteiger partial charge in [-0.3, -0.25) is 9.59 Å². The predicted molar refractivity (Wildman–Crippen MR) is 88.7 cm³/mol. The minimum atomic E-state index is -0.438. The van der Waals surface area contributed by atoms with Crippen LogP contribution in [0.15, 0.2) is 39.7 Å². The normalized spacial score (nSPS) is 10.5. The zero-order valence-corrected chi connectivity index (χ0v) is 13.8. The van der Waals surface area contributed by atoms with Crippen molar-refractivity contribution in [3.05, 3.63) is 50.3 Å². The molecule has 4 nitrogen and oxygen atoms in total. The first-order valence-electron chi connectivity index (χ1n) is 6.41. The smallest absolute Gasteiger partial charge is 0.312 e. The van der Waals surface area contributed by atoms with Crippen molar-refractivity contribution >= 4 is 45.8 Å². The average molecular weight is 349 g/mol. The van der Waals surface area contributed by atoms with E-state index in [4.69, 9.17) is 4.74 Å². The molecule has 0 unspecified atom stereocenters. The van der Waals surface area contributed by atoms with Gasteiger partial charge in [0.05, 0.1) is 17.0 Å². The number of thiazole rings is 1. The summed E-state index contributed by atoms with van der Waals surface area (Å²) in [5.41, 5.74) is 1.72. The highest BCUT2D eigenvalue weighted by molar-refractivity contribution is 7.14. The molecule has 3 rings (SSSR count). The van der Waals surface area contributed by atoms with Gasteiger partial charge in [-0.1, -0.05) is 6.07 Å².